The molecule has 0 atom stereocenters. The predicted molar refractivity (Wildman–Crippen MR) is 134 cm³/mol. The minimum absolute atomic E-state index is 0.0586. The van der Waals surface area contributed by atoms with Crippen molar-refractivity contribution in [1.29, 1.82) is 0 Å². The fraction of sp³-hybridized carbons (Fsp3) is 0.346. The van der Waals surface area contributed by atoms with Gasteiger partial charge in [0.05, 0.1) is 11.0 Å². The molecule has 3 N–H and O–H groups in total. The first-order chi connectivity index (χ1) is 16.7. The molecule has 1 aliphatic heterocycles. The molecule has 2 aliphatic rings. The number of aromatic amines is 1. The number of aromatic nitrogens is 4. The Morgan fingerprint density at radius 3 is 2.71 bits per heavy atom. The van der Waals surface area contributed by atoms with Crippen LogP contribution in [0.15, 0.2) is 59.7 Å². The van der Waals surface area contributed by atoms with Crippen molar-refractivity contribution in [2.75, 3.05) is 31.5 Å². The molecular weight excluding hydrogens is 426 g/mol. The molecule has 0 unspecified atom stereocenters. The number of piperazine rings is 1. The molecule has 0 bridgehead atoms. The maximum Gasteiger partial charge on any atom is 0.251 e. The summed E-state index contributed by atoms with van der Waals surface area (Å²) in [6.45, 7) is 5.95. The first kappa shape index (κ1) is 21.1. The lowest BCUT2D eigenvalue weighted by atomic mass is 10.1. The van der Waals surface area contributed by atoms with Crippen LogP contribution in [-0.2, 0) is 13.1 Å². The molecule has 8 heteroatoms. The summed E-state index contributed by atoms with van der Waals surface area (Å²) in [6.07, 6.45) is 6.22. The van der Waals surface area contributed by atoms with Crippen molar-refractivity contribution in [3.63, 3.8) is 0 Å². The first-order valence-electron chi connectivity index (χ1n) is 12.1. The molecule has 8 nitrogen and oxygen atoms in total. The molecule has 4 heterocycles. The molecule has 34 heavy (non-hydrogen) atoms. The number of rotatable bonds is 7. The summed E-state index contributed by atoms with van der Waals surface area (Å²) in [5, 5.41) is 6.70. The third-order valence-corrected chi connectivity index (χ3v) is 6.65. The van der Waals surface area contributed by atoms with Gasteiger partial charge in [-0.05, 0) is 65.8 Å². The van der Waals surface area contributed by atoms with Gasteiger partial charge in [-0.25, -0.2) is 9.97 Å². The summed E-state index contributed by atoms with van der Waals surface area (Å²) < 4.78 is 1.82. The number of hydrogen-bond donors (Lipinski definition) is 3. The molecule has 1 saturated heterocycles. The fourth-order valence-corrected chi connectivity index (χ4v) is 4.55. The smallest absolute Gasteiger partial charge is 0.251 e. The Labute approximate surface area is 198 Å². The fourth-order valence-electron chi connectivity index (χ4n) is 4.55. The number of pyridine rings is 2. The van der Waals surface area contributed by atoms with Crippen LogP contribution >= 0.6 is 0 Å². The Morgan fingerprint density at radius 1 is 1.03 bits per heavy atom. The van der Waals surface area contributed by atoms with Crippen LogP contribution in [0.4, 0.5) is 11.8 Å². The molecule has 4 aromatic rings. The van der Waals surface area contributed by atoms with E-state index in [1.54, 1.807) is 6.07 Å². The van der Waals surface area contributed by atoms with Gasteiger partial charge in [0.1, 0.15) is 5.82 Å². The van der Waals surface area contributed by atoms with Gasteiger partial charge in [0, 0.05) is 57.7 Å². The molecule has 0 spiro atoms. The third kappa shape index (κ3) is 4.73. The van der Waals surface area contributed by atoms with E-state index in [1.807, 2.05) is 41.2 Å². The van der Waals surface area contributed by atoms with Gasteiger partial charge in [-0.15, -0.1) is 0 Å². The molecule has 0 radical (unpaired) electrons. The second-order valence-electron chi connectivity index (χ2n) is 9.37. The monoisotopic (exact) mass is 455 g/mol. The lowest BCUT2D eigenvalue weighted by Gasteiger charge is -2.27. The van der Waals surface area contributed by atoms with Crippen molar-refractivity contribution >= 4 is 22.8 Å². The number of nitrogens with zero attached hydrogens (tertiary/aromatic N) is 4. The van der Waals surface area contributed by atoms with E-state index in [1.165, 1.54) is 18.4 Å². The van der Waals surface area contributed by atoms with E-state index in [2.05, 4.69) is 42.6 Å². The van der Waals surface area contributed by atoms with E-state index in [0.717, 1.165) is 67.2 Å². The Bertz CT molecular complexity index is 1370. The van der Waals surface area contributed by atoms with Gasteiger partial charge >= 0.3 is 0 Å². The lowest BCUT2D eigenvalue weighted by Crippen LogP contribution is -2.42. The van der Waals surface area contributed by atoms with E-state index in [4.69, 9.17) is 0 Å². The minimum atomic E-state index is 0.0586. The zero-order valence-electron chi connectivity index (χ0n) is 19.1. The molecule has 174 valence electrons. The lowest BCUT2D eigenvalue weighted by molar-refractivity contribution is 0.233. The van der Waals surface area contributed by atoms with Gasteiger partial charge in [-0.2, -0.15) is 0 Å². The Hall–Kier alpha value is -3.49. The topological polar surface area (TPSA) is 90.9 Å². The van der Waals surface area contributed by atoms with Gasteiger partial charge in [0.2, 0.25) is 5.95 Å². The van der Waals surface area contributed by atoms with Gasteiger partial charge in [-0.1, -0.05) is 6.07 Å². The van der Waals surface area contributed by atoms with E-state index < -0.39 is 0 Å². The van der Waals surface area contributed by atoms with Crippen molar-refractivity contribution < 1.29 is 0 Å². The summed E-state index contributed by atoms with van der Waals surface area (Å²) in [5.74, 6) is 2.10. The van der Waals surface area contributed by atoms with Crippen LogP contribution in [0.1, 0.15) is 18.4 Å². The van der Waals surface area contributed by atoms with Crippen LogP contribution in [0, 0.1) is 5.92 Å². The molecule has 1 aromatic carbocycles. The summed E-state index contributed by atoms with van der Waals surface area (Å²) in [7, 11) is 0. The van der Waals surface area contributed by atoms with Gasteiger partial charge in [-0.3, -0.25) is 9.69 Å². The first-order valence-corrected chi connectivity index (χ1v) is 12.1. The quantitative estimate of drug-likeness (QED) is 0.396. The maximum absolute atomic E-state index is 12.5. The normalized spacial score (nSPS) is 16.7. The minimum Gasteiger partial charge on any atom is -0.324 e. The number of H-pyrrole nitrogens is 1. The highest BCUT2D eigenvalue weighted by molar-refractivity contribution is 5.83. The summed E-state index contributed by atoms with van der Waals surface area (Å²) >= 11 is 0. The van der Waals surface area contributed by atoms with Crippen LogP contribution < -0.4 is 16.2 Å². The third-order valence-electron chi connectivity index (χ3n) is 6.65. The number of benzene rings is 1. The SMILES string of the molecule is O=c1cc(-c2ccc3nc(Nc4cc(CN5CCNCC5)ccn4)[nH]c3c2)ccn1CC1CC1. The molecule has 1 aliphatic carbocycles. The number of fused-ring (bicyclic) bond motifs is 1. The van der Waals surface area contributed by atoms with E-state index >= 15 is 0 Å². The van der Waals surface area contributed by atoms with Crippen molar-refractivity contribution in [2.24, 2.45) is 5.92 Å². The Morgan fingerprint density at radius 2 is 1.88 bits per heavy atom. The van der Waals surface area contributed by atoms with Crippen molar-refractivity contribution in [3.05, 3.63) is 70.8 Å². The number of hydrogen-bond acceptors (Lipinski definition) is 6. The highest BCUT2D eigenvalue weighted by Gasteiger charge is 2.22. The van der Waals surface area contributed by atoms with Crippen molar-refractivity contribution in [2.45, 2.75) is 25.9 Å². The Kier molecular flexibility index (Phi) is 5.60. The van der Waals surface area contributed by atoms with Crippen molar-refractivity contribution in [3.8, 4) is 11.1 Å². The Balaban J connectivity index is 1.19. The zero-order valence-corrected chi connectivity index (χ0v) is 19.1. The van der Waals surface area contributed by atoms with Crippen LogP contribution in [0.2, 0.25) is 0 Å². The second kappa shape index (κ2) is 9.04. The molecule has 2 fully saturated rings. The van der Waals surface area contributed by atoms with Crippen molar-refractivity contribution in [1.82, 2.24) is 29.7 Å². The second-order valence-corrected chi connectivity index (χ2v) is 9.37. The molecule has 6 rings (SSSR count). The molecule has 0 amide bonds. The van der Waals surface area contributed by atoms with Crippen LogP contribution in [0.3, 0.4) is 0 Å². The average Bonchev–Trinajstić information content (AvgIpc) is 3.58. The van der Waals surface area contributed by atoms with Gasteiger partial charge in [0.25, 0.3) is 5.56 Å². The number of nitrogens with one attached hydrogen (secondary N) is 3. The van der Waals surface area contributed by atoms with E-state index in [-0.39, 0.29) is 5.56 Å². The van der Waals surface area contributed by atoms with Crippen LogP contribution in [-0.4, -0.2) is 50.6 Å². The van der Waals surface area contributed by atoms with E-state index in [9.17, 15) is 4.79 Å². The van der Waals surface area contributed by atoms with Crippen LogP contribution in [0.5, 0.6) is 0 Å². The van der Waals surface area contributed by atoms with Gasteiger partial charge in [0.15, 0.2) is 0 Å². The van der Waals surface area contributed by atoms with E-state index in [0.29, 0.717) is 11.9 Å². The molecule has 1 saturated carbocycles. The molecule has 3 aromatic heterocycles. The summed E-state index contributed by atoms with van der Waals surface area (Å²) in [4.78, 5) is 27.5. The number of imidazole rings is 1. The standard InChI is InChI=1S/C26H29N7O/c34-25-15-21(6-10-33(25)17-18-1-2-18)20-3-4-22-23(14-20)30-26(29-22)31-24-13-19(5-7-28-24)16-32-11-8-27-9-12-32/h3-7,10,13-15,18,27H,1-2,8-9,11-12,16-17H2,(H2,28,29,30,31). The maximum atomic E-state index is 12.5. The highest BCUT2D eigenvalue weighted by atomic mass is 16.1. The predicted octanol–water partition coefficient (Wildman–Crippen LogP) is 3.35. The molecular formula is C26H29N7O. The zero-order chi connectivity index (χ0) is 22.9. The summed E-state index contributed by atoms with van der Waals surface area (Å²) in [6, 6.07) is 13.9. The summed E-state index contributed by atoms with van der Waals surface area (Å²) in [5.41, 5.74) is 4.99. The van der Waals surface area contributed by atoms with Gasteiger partial charge < -0.3 is 20.2 Å². The average molecular weight is 456 g/mol. The van der Waals surface area contributed by atoms with Crippen LogP contribution in [0.25, 0.3) is 22.2 Å². The number of anilines is 2. The highest BCUT2D eigenvalue weighted by Crippen LogP contribution is 2.30. The largest absolute Gasteiger partial charge is 0.324 e.